The molecule has 1 rings (SSSR count). The Morgan fingerprint density at radius 2 is 2.06 bits per heavy atom. The average Bonchev–Trinajstić information content (AvgIpc) is 2.27. The van der Waals surface area contributed by atoms with E-state index in [2.05, 4.69) is 0 Å². The van der Waals surface area contributed by atoms with Gasteiger partial charge in [-0.05, 0) is 19.1 Å². The second kappa shape index (κ2) is 6.70. The highest BCUT2D eigenvalue weighted by Gasteiger charge is 2.18. The predicted octanol–water partition coefficient (Wildman–Crippen LogP) is 2.45. The summed E-state index contributed by atoms with van der Waals surface area (Å²) < 4.78 is 24.7. The van der Waals surface area contributed by atoms with Crippen LogP contribution in [0.5, 0.6) is 0 Å². The van der Waals surface area contributed by atoms with E-state index in [4.69, 9.17) is 0 Å². The quantitative estimate of drug-likeness (QED) is 0.839. The number of hydrogen-bond donors (Lipinski definition) is 1. The van der Waals surface area contributed by atoms with Crippen LogP contribution in [-0.4, -0.2) is 41.4 Å². The van der Waals surface area contributed by atoms with E-state index in [1.54, 1.807) is 19.1 Å². The molecule has 0 radical (unpaired) electrons. The van der Waals surface area contributed by atoms with Crippen molar-refractivity contribution in [1.82, 2.24) is 4.90 Å². The summed E-state index contributed by atoms with van der Waals surface area (Å²) in [5, 5.41) is 9.21. The number of halogens is 2. The predicted molar refractivity (Wildman–Crippen MR) is 66.9 cm³/mol. The number of aliphatic hydroxyl groups excluding tert-OH is 1. The number of benzene rings is 1. The Balaban J connectivity index is 2.91. The number of likely N-dealkylation sites (N-methyl/N-ethyl adjacent to an activating group) is 1. The van der Waals surface area contributed by atoms with Gasteiger partial charge in [-0.2, -0.15) is 8.78 Å². The van der Waals surface area contributed by atoms with Crippen LogP contribution >= 0.6 is 11.8 Å². The first-order chi connectivity index (χ1) is 8.41. The minimum Gasteiger partial charge on any atom is -0.392 e. The molecule has 1 atom stereocenters. The van der Waals surface area contributed by atoms with Crippen molar-refractivity contribution in [3.8, 4) is 0 Å². The van der Waals surface area contributed by atoms with E-state index in [9.17, 15) is 18.7 Å². The van der Waals surface area contributed by atoms with Gasteiger partial charge in [0.2, 0.25) is 0 Å². The van der Waals surface area contributed by atoms with Crippen LogP contribution in [0.1, 0.15) is 17.3 Å². The van der Waals surface area contributed by atoms with Crippen molar-refractivity contribution in [1.29, 1.82) is 0 Å². The van der Waals surface area contributed by atoms with Crippen molar-refractivity contribution >= 4 is 17.7 Å². The molecule has 0 aliphatic heterocycles. The van der Waals surface area contributed by atoms with E-state index >= 15 is 0 Å². The molecule has 3 nitrogen and oxygen atoms in total. The number of thioether (sulfide) groups is 1. The molecule has 6 heteroatoms. The van der Waals surface area contributed by atoms with Gasteiger partial charge in [-0.3, -0.25) is 4.79 Å². The van der Waals surface area contributed by atoms with E-state index in [0.717, 1.165) is 0 Å². The number of carbonyl (C=O) groups excluding carboxylic acids is 1. The highest BCUT2D eigenvalue weighted by atomic mass is 32.2. The summed E-state index contributed by atoms with van der Waals surface area (Å²) in [5.74, 6) is -2.94. The van der Waals surface area contributed by atoms with Crippen LogP contribution < -0.4 is 0 Å². The Hall–Kier alpha value is -1.14. The highest BCUT2D eigenvalue weighted by Crippen LogP contribution is 2.28. The topological polar surface area (TPSA) is 40.5 Å². The van der Waals surface area contributed by atoms with Crippen LogP contribution in [0, 0.1) is 0 Å². The largest absolute Gasteiger partial charge is 0.392 e. The molecule has 1 aromatic carbocycles. The Morgan fingerprint density at radius 3 is 2.61 bits per heavy atom. The zero-order valence-corrected chi connectivity index (χ0v) is 11.0. The van der Waals surface area contributed by atoms with Crippen molar-refractivity contribution in [2.45, 2.75) is 23.7 Å². The summed E-state index contributed by atoms with van der Waals surface area (Å²) in [4.78, 5) is 13.6. The van der Waals surface area contributed by atoms with Gasteiger partial charge in [-0.1, -0.05) is 23.9 Å². The van der Waals surface area contributed by atoms with E-state index in [0.29, 0.717) is 11.8 Å². The fraction of sp³-hybridized carbons (Fsp3) is 0.417. The summed E-state index contributed by atoms with van der Waals surface area (Å²) >= 11 is 0.346. The summed E-state index contributed by atoms with van der Waals surface area (Å²) in [6.07, 6.45) is -0.658. The Kier molecular flexibility index (Phi) is 5.55. The second-order valence-electron chi connectivity index (χ2n) is 3.91. The molecule has 0 spiro atoms. The third-order valence-corrected chi connectivity index (χ3v) is 3.01. The minimum absolute atomic E-state index is 0.159. The number of hydrogen-bond acceptors (Lipinski definition) is 3. The van der Waals surface area contributed by atoms with Crippen LogP contribution in [0.25, 0.3) is 0 Å². The summed E-state index contributed by atoms with van der Waals surface area (Å²) in [5.41, 5.74) is 0.228. The molecule has 0 fully saturated rings. The maximum absolute atomic E-state index is 12.4. The van der Waals surface area contributed by atoms with Gasteiger partial charge < -0.3 is 10.0 Å². The molecule has 1 aromatic rings. The lowest BCUT2D eigenvalue weighted by atomic mass is 10.2. The smallest absolute Gasteiger partial charge is 0.288 e. The van der Waals surface area contributed by atoms with Crippen LogP contribution in [0.15, 0.2) is 29.2 Å². The van der Waals surface area contributed by atoms with Crippen molar-refractivity contribution in [2.75, 3.05) is 13.6 Å². The lowest BCUT2D eigenvalue weighted by Crippen LogP contribution is -2.33. The van der Waals surface area contributed by atoms with Crippen LogP contribution in [0.2, 0.25) is 0 Å². The molecule has 18 heavy (non-hydrogen) atoms. The molecule has 0 aromatic heterocycles. The van der Waals surface area contributed by atoms with Crippen LogP contribution in [-0.2, 0) is 0 Å². The monoisotopic (exact) mass is 275 g/mol. The molecule has 1 unspecified atom stereocenters. The Labute approximate surface area is 109 Å². The fourth-order valence-electron chi connectivity index (χ4n) is 1.53. The molecule has 0 heterocycles. The van der Waals surface area contributed by atoms with E-state index < -0.39 is 11.9 Å². The fourth-order valence-corrected chi connectivity index (χ4v) is 2.16. The molecule has 0 aliphatic carbocycles. The van der Waals surface area contributed by atoms with E-state index in [1.807, 2.05) is 0 Å². The SMILES string of the molecule is CC(O)CN(C)C(=O)c1ccccc1SC(F)F. The van der Waals surface area contributed by atoms with Gasteiger partial charge in [-0.25, -0.2) is 0 Å². The van der Waals surface area contributed by atoms with Gasteiger partial charge in [0.15, 0.2) is 0 Å². The standard InChI is InChI=1S/C12H15F2NO2S/c1-8(16)7-15(2)11(17)9-5-3-4-6-10(9)18-12(13)14/h3-6,8,12,16H,7H2,1-2H3. The number of rotatable bonds is 5. The third kappa shape index (κ3) is 4.27. The van der Waals surface area contributed by atoms with E-state index in [1.165, 1.54) is 24.1 Å². The lowest BCUT2D eigenvalue weighted by molar-refractivity contribution is 0.0700. The first kappa shape index (κ1) is 14.9. The van der Waals surface area contributed by atoms with Gasteiger partial charge in [0.1, 0.15) is 0 Å². The van der Waals surface area contributed by atoms with E-state index in [-0.39, 0.29) is 22.9 Å². The maximum atomic E-state index is 12.4. The van der Waals surface area contributed by atoms with Crippen LogP contribution in [0.3, 0.4) is 0 Å². The number of aliphatic hydroxyl groups is 1. The molecular weight excluding hydrogens is 260 g/mol. The summed E-state index contributed by atoms with van der Waals surface area (Å²) in [7, 11) is 1.53. The second-order valence-corrected chi connectivity index (χ2v) is 4.94. The first-order valence-electron chi connectivity index (χ1n) is 5.39. The van der Waals surface area contributed by atoms with Gasteiger partial charge in [0.05, 0.1) is 11.7 Å². The first-order valence-corrected chi connectivity index (χ1v) is 6.27. The van der Waals surface area contributed by atoms with Gasteiger partial charge in [-0.15, -0.1) is 0 Å². The minimum atomic E-state index is -2.57. The van der Waals surface area contributed by atoms with Gasteiger partial charge in [0.25, 0.3) is 11.7 Å². The van der Waals surface area contributed by atoms with Crippen molar-refractivity contribution in [3.05, 3.63) is 29.8 Å². The zero-order chi connectivity index (χ0) is 13.7. The van der Waals surface area contributed by atoms with Crippen molar-refractivity contribution in [3.63, 3.8) is 0 Å². The van der Waals surface area contributed by atoms with Crippen molar-refractivity contribution in [2.24, 2.45) is 0 Å². The molecule has 0 saturated carbocycles. The zero-order valence-electron chi connectivity index (χ0n) is 10.1. The molecule has 0 saturated heterocycles. The molecule has 1 amide bonds. The number of alkyl halides is 2. The molecular formula is C12H15F2NO2S. The maximum Gasteiger partial charge on any atom is 0.288 e. The lowest BCUT2D eigenvalue weighted by Gasteiger charge is -2.20. The number of nitrogens with zero attached hydrogens (tertiary/aromatic N) is 1. The molecule has 0 bridgehead atoms. The molecule has 1 N–H and O–H groups in total. The average molecular weight is 275 g/mol. The van der Waals surface area contributed by atoms with Crippen LogP contribution in [0.4, 0.5) is 8.78 Å². The Morgan fingerprint density at radius 1 is 1.44 bits per heavy atom. The summed E-state index contributed by atoms with van der Waals surface area (Å²) in [6, 6.07) is 6.22. The Bertz CT molecular complexity index is 413. The van der Waals surface area contributed by atoms with Gasteiger partial charge in [0, 0.05) is 18.5 Å². The summed E-state index contributed by atoms with van der Waals surface area (Å²) in [6.45, 7) is 1.72. The molecule has 100 valence electrons. The third-order valence-electron chi connectivity index (χ3n) is 2.22. The highest BCUT2D eigenvalue weighted by molar-refractivity contribution is 7.99. The molecule has 0 aliphatic rings. The number of carbonyl (C=O) groups is 1. The normalized spacial score (nSPS) is 12.6. The van der Waals surface area contributed by atoms with Gasteiger partial charge >= 0.3 is 0 Å². The number of amides is 1. The van der Waals surface area contributed by atoms with Crippen molar-refractivity contribution < 1.29 is 18.7 Å².